The van der Waals surface area contributed by atoms with Crippen molar-refractivity contribution < 1.29 is 9.53 Å². The molecule has 0 aliphatic rings. The van der Waals surface area contributed by atoms with E-state index < -0.39 is 34.4 Å². The minimum atomic E-state index is -0.723. The molecule has 3 rings (SSSR count). The van der Waals surface area contributed by atoms with Gasteiger partial charge in [-0.05, 0) is 37.6 Å². The molecule has 34 heavy (non-hydrogen) atoms. The SMILES string of the molecule is COc1ccc(/C=C/C(=O)NC(Cn2cc(C)c(=O)[nH]c2=O)Cn2cc(C)c(=O)[nH]c2=O)cc1. The van der Waals surface area contributed by atoms with Crippen molar-refractivity contribution in [3.05, 3.63) is 101 Å². The van der Waals surface area contributed by atoms with Crippen LogP contribution in [0.2, 0.25) is 0 Å². The predicted molar refractivity (Wildman–Crippen MR) is 126 cm³/mol. The second-order valence-electron chi connectivity index (χ2n) is 7.76. The maximum Gasteiger partial charge on any atom is 0.328 e. The first kappa shape index (κ1) is 24.2. The van der Waals surface area contributed by atoms with Gasteiger partial charge < -0.3 is 10.1 Å². The molecular formula is C23H25N5O6. The number of rotatable bonds is 8. The zero-order chi connectivity index (χ0) is 24.8. The predicted octanol–water partition coefficient (Wildman–Crippen LogP) is -0.0896. The van der Waals surface area contributed by atoms with E-state index in [1.807, 2.05) is 0 Å². The van der Waals surface area contributed by atoms with Gasteiger partial charge in [0.05, 0.1) is 13.2 Å². The fourth-order valence-corrected chi connectivity index (χ4v) is 3.27. The van der Waals surface area contributed by atoms with Crippen molar-refractivity contribution in [3.8, 4) is 5.75 Å². The van der Waals surface area contributed by atoms with Gasteiger partial charge in [0.25, 0.3) is 11.1 Å². The zero-order valence-corrected chi connectivity index (χ0v) is 19.0. The van der Waals surface area contributed by atoms with Crippen LogP contribution < -0.4 is 32.6 Å². The van der Waals surface area contributed by atoms with Crippen LogP contribution in [0.15, 0.2) is 61.9 Å². The molecule has 3 N–H and O–H groups in total. The third-order valence-corrected chi connectivity index (χ3v) is 5.10. The Morgan fingerprint density at radius 1 is 0.941 bits per heavy atom. The number of aromatic amines is 2. The molecular weight excluding hydrogens is 442 g/mol. The molecule has 0 unspecified atom stereocenters. The van der Waals surface area contributed by atoms with Crippen LogP contribution >= 0.6 is 0 Å². The number of aromatic nitrogens is 4. The third-order valence-electron chi connectivity index (χ3n) is 5.10. The van der Waals surface area contributed by atoms with Crippen LogP contribution in [0.25, 0.3) is 6.08 Å². The molecule has 0 aliphatic heterocycles. The van der Waals surface area contributed by atoms with Crippen molar-refractivity contribution in [2.45, 2.75) is 33.0 Å². The van der Waals surface area contributed by atoms with E-state index in [9.17, 15) is 24.0 Å². The average molecular weight is 467 g/mol. The summed E-state index contributed by atoms with van der Waals surface area (Å²) < 4.78 is 7.60. The Kier molecular flexibility index (Phi) is 7.46. The van der Waals surface area contributed by atoms with Crippen molar-refractivity contribution >= 4 is 12.0 Å². The molecule has 0 radical (unpaired) electrons. The second kappa shape index (κ2) is 10.5. The Balaban J connectivity index is 1.86. The number of nitrogens with zero attached hydrogens (tertiary/aromatic N) is 2. The molecule has 2 heterocycles. The van der Waals surface area contributed by atoms with Gasteiger partial charge in [0.15, 0.2) is 0 Å². The molecule has 0 aliphatic carbocycles. The summed E-state index contributed by atoms with van der Waals surface area (Å²) in [5.41, 5.74) is -0.884. The van der Waals surface area contributed by atoms with Gasteiger partial charge in [0, 0.05) is 42.7 Å². The van der Waals surface area contributed by atoms with E-state index >= 15 is 0 Å². The van der Waals surface area contributed by atoms with E-state index in [0.29, 0.717) is 16.9 Å². The number of hydrogen-bond donors (Lipinski definition) is 3. The van der Waals surface area contributed by atoms with Crippen LogP contribution in [-0.2, 0) is 17.9 Å². The molecule has 0 bridgehead atoms. The minimum absolute atomic E-state index is 0.0246. The molecule has 0 atom stereocenters. The number of benzene rings is 1. The van der Waals surface area contributed by atoms with Crippen LogP contribution in [0.3, 0.4) is 0 Å². The van der Waals surface area contributed by atoms with Gasteiger partial charge in [-0.15, -0.1) is 0 Å². The van der Waals surface area contributed by atoms with Gasteiger partial charge in [-0.25, -0.2) is 9.59 Å². The van der Waals surface area contributed by atoms with Gasteiger partial charge in [-0.1, -0.05) is 12.1 Å². The molecule has 2 aromatic heterocycles. The van der Waals surface area contributed by atoms with E-state index in [4.69, 9.17) is 4.74 Å². The highest BCUT2D eigenvalue weighted by Crippen LogP contribution is 2.12. The molecule has 0 saturated carbocycles. The normalized spacial score (nSPS) is 11.2. The first-order valence-electron chi connectivity index (χ1n) is 10.4. The highest BCUT2D eigenvalue weighted by molar-refractivity contribution is 5.91. The Hall–Kier alpha value is -4.41. The van der Waals surface area contributed by atoms with Gasteiger partial charge in [0.2, 0.25) is 5.91 Å². The van der Waals surface area contributed by atoms with Gasteiger partial charge in [0.1, 0.15) is 5.75 Å². The highest BCUT2D eigenvalue weighted by Gasteiger charge is 2.16. The van der Waals surface area contributed by atoms with Crippen LogP contribution in [0.5, 0.6) is 5.75 Å². The van der Waals surface area contributed by atoms with E-state index in [-0.39, 0.29) is 13.1 Å². The fraction of sp³-hybridized carbons (Fsp3) is 0.261. The van der Waals surface area contributed by atoms with Crippen molar-refractivity contribution in [1.29, 1.82) is 0 Å². The Bertz CT molecular complexity index is 1370. The monoisotopic (exact) mass is 467 g/mol. The minimum Gasteiger partial charge on any atom is -0.497 e. The number of methoxy groups -OCH3 is 1. The lowest BCUT2D eigenvalue weighted by molar-refractivity contribution is -0.117. The van der Waals surface area contributed by atoms with E-state index in [2.05, 4.69) is 15.3 Å². The lowest BCUT2D eigenvalue weighted by Gasteiger charge is -2.20. The number of carbonyl (C=O) groups is 1. The maximum atomic E-state index is 12.6. The first-order chi connectivity index (χ1) is 16.2. The summed E-state index contributed by atoms with van der Waals surface area (Å²) in [6.07, 6.45) is 5.71. The standard InChI is InChI=1S/C23H25N5O6/c1-14-10-27(22(32)25-20(14)30)12-17(13-28-11-15(2)21(31)26-23(28)33)24-19(29)9-6-16-4-7-18(34-3)8-5-16/h4-11,17H,12-13H2,1-3H3,(H,24,29)(H,25,30,32)(H,26,31,33)/b9-6+. The molecule has 178 valence electrons. The van der Waals surface area contributed by atoms with E-state index in [1.165, 1.54) is 27.6 Å². The summed E-state index contributed by atoms with van der Waals surface area (Å²) in [5, 5.41) is 2.78. The summed E-state index contributed by atoms with van der Waals surface area (Å²) in [6.45, 7) is 3.05. The lowest BCUT2D eigenvalue weighted by atomic mass is 10.2. The van der Waals surface area contributed by atoms with Gasteiger partial charge >= 0.3 is 11.4 Å². The van der Waals surface area contributed by atoms with Gasteiger partial charge in [-0.2, -0.15) is 0 Å². The van der Waals surface area contributed by atoms with E-state index in [0.717, 1.165) is 5.56 Å². The zero-order valence-electron chi connectivity index (χ0n) is 19.0. The van der Waals surface area contributed by atoms with Crippen molar-refractivity contribution in [3.63, 3.8) is 0 Å². The van der Waals surface area contributed by atoms with Crippen LogP contribution in [0.4, 0.5) is 0 Å². The van der Waals surface area contributed by atoms with Crippen LogP contribution in [-0.4, -0.2) is 38.2 Å². The largest absolute Gasteiger partial charge is 0.497 e. The van der Waals surface area contributed by atoms with Crippen LogP contribution in [0, 0.1) is 13.8 Å². The highest BCUT2D eigenvalue weighted by atomic mass is 16.5. The number of H-pyrrole nitrogens is 2. The number of aryl methyl sites for hydroxylation is 2. The number of nitrogens with one attached hydrogen (secondary N) is 3. The average Bonchev–Trinajstić information content (AvgIpc) is 2.80. The topological polar surface area (TPSA) is 148 Å². The lowest BCUT2D eigenvalue weighted by Crippen LogP contribution is -2.45. The molecule has 0 fully saturated rings. The fourth-order valence-electron chi connectivity index (χ4n) is 3.27. The quantitative estimate of drug-likeness (QED) is 0.395. The summed E-state index contributed by atoms with van der Waals surface area (Å²) in [7, 11) is 1.56. The van der Waals surface area contributed by atoms with E-state index in [1.54, 1.807) is 51.3 Å². The molecule has 1 aromatic carbocycles. The summed E-state index contributed by atoms with van der Waals surface area (Å²) in [5.74, 6) is 0.231. The number of ether oxygens (including phenoxy) is 1. The summed E-state index contributed by atoms with van der Waals surface area (Å²) >= 11 is 0. The van der Waals surface area contributed by atoms with Crippen molar-refractivity contribution in [1.82, 2.24) is 24.4 Å². The summed E-state index contributed by atoms with van der Waals surface area (Å²) in [6, 6.07) is 6.36. The Morgan fingerprint density at radius 3 is 1.91 bits per heavy atom. The number of carbonyl (C=O) groups excluding carboxylic acids is 1. The Labute approximate surface area is 193 Å². The van der Waals surface area contributed by atoms with Crippen molar-refractivity contribution in [2.24, 2.45) is 0 Å². The Morgan fingerprint density at radius 2 is 1.44 bits per heavy atom. The molecule has 0 spiro atoms. The second-order valence-corrected chi connectivity index (χ2v) is 7.76. The molecule has 3 aromatic rings. The molecule has 1 amide bonds. The van der Waals surface area contributed by atoms with Gasteiger partial charge in [-0.3, -0.25) is 33.5 Å². The maximum absolute atomic E-state index is 12.6. The van der Waals surface area contributed by atoms with Crippen LogP contribution in [0.1, 0.15) is 16.7 Å². The molecule has 0 saturated heterocycles. The number of hydrogen-bond acceptors (Lipinski definition) is 6. The molecule has 11 heteroatoms. The third kappa shape index (κ3) is 6.09. The first-order valence-corrected chi connectivity index (χ1v) is 10.4. The molecule has 11 nitrogen and oxygen atoms in total. The van der Waals surface area contributed by atoms with Crippen molar-refractivity contribution in [2.75, 3.05) is 7.11 Å². The number of amides is 1. The smallest absolute Gasteiger partial charge is 0.328 e. The summed E-state index contributed by atoms with van der Waals surface area (Å²) in [4.78, 5) is 64.9.